The Morgan fingerprint density at radius 3 is 2.68 bits per heavy atom. The Balaban J connectivity index is 2.02. The highest BCUT2D eigenvalue weighted by atomic mass is 16.5. The van der Waals surface area contributed by atoms with Crippen LogP contribution in [-0.2, 0) is 6.54 Å². The summed E-state index contributed by atoms with van der Waals surface area (Å²) in [5.74, 6) is 1.54. The highest BCUT2D eigenvalue weighted by Crippen LogP contribution is 2.17. The summed E-state index contributed by atoms with van der Waals surface area (Å²) in [7, 11) is 1.68. The van der Waals surface area contributed by atoms with E-state index in [0.29, 0.717) is 12.5 Å². The molecule has 0 atom stereocenters. The number of piperidine rings is 1. The lowest BCUT2D eigenvalue weighted by molar-refractivity contribution is 0.338. The SMILES string of the molecule is COc1cc(C)cc(CN=C(N)N2CCCCC2)c1. The Morgan fingerprint density at radius 1 is 1.26 bits per heavy atom. The van der Waals surface area contributed by atoms with Gasteiger partial charge in [0.1, 0.15) is 5.75 Å². The highest BCUT2D eigenvalue weighted by molar-refractivity contribution is 5.78. The van der Waals surface area contributed by atoms with Crippen LogP contribution in [-0.4, -0.2) is 31.1 Å². The quantitative estimate of drug-likeness (QED) is 0.671. The van der Waals surface area contributed by atoms with Crippen LogP contribution in [0.1, 0.15) is 30.4 Å². The molecule has 1 aliphatic rings. The van der Waals surface area contributed by atoms with Gasteiger partial charge in [-0.3, -0.25) is 0 Å². The molecule has 1 aromatic rings. The summed E-state index contributed by atoms with van der Waals surface area (Å²) in [6.45, 7) is 4.74. The first kappa shape index (κ1) is 13.7. The first-order valence-electron chi connectivity index (χ1n) is 6.88. The van der Waals surface area contributed by atoms with Crippen molar-refractivity contribution in [2.24, 2.45) is 10.7 Å². The van der Waals surface area contributed by atoms with Crippen LogP contribution < -0.4 is 10.5 Å². The van der Waals surface area contributed by atoms with Crippen LogP contribution in [0.25, 0.3) is 0 Å². The van der Waals surface area contributed by atoms with E-state index < -0.39 is 0 Å². The van der Waals surface area contributed by atoms with Crippen LogP contribution >= 0.6 is 0 Å². The molecule has 104 valence electrons. The Morgan fingerprint density at radius 2 is 2.00 bits per heavy atom. The predicted octanol–water partition coefficient (Wildman–Crippen LogP) is 2.30. The monoisotopic (exact) mass is 261 g/mol. The molecule has 2 N–H and O–H groups in total. The largest absolute Gasteiger partial charge is 0.497 e. The standard InChI is InChI=1S/C15H23N3O/c1-12-8-13(10-14(9-12)19-2)11-17-15(16)18-6-4-3-5-7-18/h8-10H,3-7,11H2,1-2H3,(H2,16,17). The van der Waals surface area contributed by atoms with Gasteiger partial charge in [0.15, 0.2) is 5.96 Å². The average Bonchev–Trinajstić information content (AvgIpc) is 2.45. The third-order valence-corrected chi connectivity index (χ3v) is 3.45. The summed E-state index contributed by atoms with van der Waals surface area (Å²) in [6, 6.07) is 6.15. The molecule has 1 heterocycles. The fourth-order valence-electron chi connectivity index (χ4n) is 2.43. The van der Waals surface area contributed by atoms with E-state index in [9.17, 15) is 0 Å². The fraction of sp³-hybridized carbons (Fsp3) is 0.533. The van der Waals surface area contributed by atoms with E-state index >= 15 is 0 Å². The Hall–Kier alpha value is -1.71. The third kappa shape index (κ3) is 3.88. The molecule has 0 saturated carbocycles. The van der Waals surface area contributed by atoms with Gasteiger partial charge >= 0.3 is 0 Å². The van der Waals surface area contributed by atoms with E-state index in [2.05, 4.69) is 22.9 Å². The Kier molecular flexibility index (Phi) is 4.66. The molecule has 1 fully saturated rings. The summed E-state index contributed by atoms with van der Waals surface area (Å²) in [5, 5.41) is 0. The smallest absolute Gasteiger partial charge is 0.191 e. The van der Waals surface area contributed by atoms with Gasteiger partial charge in [-0.05, 0) is 49.4 Å². The van der Waals surface area contributed by atoms with Crippen LogP contribution in [0, 0.1) is 6.92 Å². The number of hydrogen-bond donors (Lipinski definition) is 1. The zero-order valence-corrected chi connectivity index (χ0v) is 11.9. The van der Waals surface area contributed by atoms with Gasteiger partial charge in [-0.25, -0.2) is 4.99 Å². The highest BCUT2D eigenvalue weighted by Gasteiger charge is 2.11. The van der Waals surface area contributed by atoms with Gasteiger partial charge in [-0.1, -0.05) is 6.07 Å². The van der Waals surface area contributed by atoms with Crippen LogP contribution in [0.4, 0.5) is 0 Å². The van der Waals surface area contributed by atoms with Crippen molar-refractivity contribution < 1.29 is 4.74 Å². The number of guanidine groups is 1. The molecule has 19 heavy (non-hydrogen) atoms. The summed E-state index contributed by atoms with van der Waals surface area (Å²) in [4.78, 5) is 6.68. The lowest BCUT2D eigenvalue weighted by Crippen LogP contribution is -2.40. The van der Waals surface area contributed by atoms with Gasteiger partial charge in [0.05, 0.1) is 13.7 Å². The van der Waals surface area contributed by atoms with E-state index in [1.807, 2.05) is 12.1 Å². The summed E-state index contributed by atoms with van der Waals surface area (Å²) >= 11 is 0. The van der Waals surface area contributed by atoms with Crippen LogP contribution in [0.15, 0.2) is 23.2 Å². The van der Waals surface area contributed by atoms with Crippen LogP contribution in [0.3, 0.4) is 0 Å². The molecule has 1 aromatic carbocycles. The van der Waals surface area contributed by atoms with E-state index in [-0.39, 0.29) is 0 Å². The average molecular weight is 261 g/mol. The minimum atomic E-state index is 0.611. The van der Waals surface area contributed by atoms with Gasteiger partial charge in [0.25, 0.3) is 0 Å². The van der Waals surface area contributed by atoms with Crippen molar-refractivity contribution in [1.82, 2.24) is 4.90 Å². The van der Waals surface area contributed by atoms with E-state index in [1.54, 1.807) is 7.11 Å². The van der Waals surface area contributed by atoms with Crippen molar-refractivity contribution in [2.45, 2.75) is 32.7 Å². The van der Waals surface area contributed by atoms with Gasteiger partial charge in [-0.15, -0.1) is 0 Å². The number of aliphatic imine (C=N–C) groups is 1. The van der Waals surface area contributed by atoms with E-state index in [4.69, 9.17) is 10.5 Å². The molecule has 0 bridgehead atoms. The predicted molar refractivity (Wildman–Crippen MR) is 78.5 cm³/mol. The second-order valence-electron chi connectivity index (χ2n) is 5.08. The maximum atomic E-state index is 6.05. The zero-order chi connectivity index (χ0) is 13.7. The van der Waals surface area contributed by atoms with Crippen molar-refractivity contribution in [3.63, 3.8) is 0 Å². The molecule has 0 unspecified atom stereocenters. The number of aryl methyl sites for hydroxylation is 1. The van der Waals surface area contributed by atoms with Gasteiger partial charge in [0, 0.05) is 13.1 Å². The maximum Gasteiger partial charge on any atom is 0.191 e. The molecular formula is C15H23N3O. The molecular weight excluding hydrogens is 238 g/mol. The Bertz CT molecular complexity index is 451. The number of hydrogen-bond acceptors (Lipinski definition) is 2. The zero-order valence-electron chi connectivity index (χ0n) is 11.9. The molecule has 0 radical (unpaired) electrons. The molecule has 0 spiro atoms. The van der Waals surface area contributed by atoms with Crippen LogP contribution in [0.2, 0.25) is 0 Å². The Labute approximate surface area is 115 Å². The second kappa shape index (κ2) is 6.45. The maximum absolute atomic E-state index is 6.05. The number of likely N-dealkylation sites (tertiary alicyclic amines) is 1. The number of rotatable bonds is 3. The molecule has 4 heteroatoms. The van der Waals surface area contributed by atoms with E-state index in [0.717, 1.165) is 24.4 Å². The lowest BCUT2D eigenvalue weighted by Gasteiger charge is -2.27. The normalized spacial score (nSPS) is 16.5. The minimum Gasteiger partial charge on any atom is -0.497 e. The number of methoxy groups -OCH3 is 1. The van der Waals surface area contributed by atoms with E-state index in [1.165, 1.54) is 24.8 Å². The molecule has 0 amide bonds. The summed E-state index contributed by atoms with van der Waals surface area (Å²) in [5.41, 5.74) is 8.37. The van der Waals surface area contributed by atoms with Crippen molar-refractivity contribution in [2.75, 3.05) is 20.2 Å². The number of benzene rings is 1. The third-order valence-electron chi connectivity index (χ3n) is 3.45. The van der Waals surface area contributed by atoms with Crippen molar-refractivity contribution >= 4 is 5.96 Å². The van der Waals surface area contributed by atoms with Gasteiger partial charge in [-0.2, -0.15) is 0 Å². The number of ether oxygens (including phenoxy) is 1. The molecule has 4 nitrogen and oxygen atoms in total. The topological polar surface area (TPSA) is 50.9 Å². The summed E-state index contributed by atoms with van der Waals surface area (Å²) < 4.78 is 5.27. The number of nitrogens with two attached hydrogens (primary N) is 1. The molecule has 1 saturated heterocycles. The first-order valence-corrected chi connectivity index (χ1v) is 6.88. The fourth-order valence-corrected chi connectivity index (χ4v) is 2.43. The molecule has 0 aliphatic carbocycles. The van der Waals surface area contributed by atoms with Crippen LogP contribution in [0.5, 0.6) is 5.75 Å². The van der Waals surface area contributed by atoms with Crippen molar-refractivity contribution in [3.8, 4) is 5.75 Å². The number of nitrogens with zero attached hydrogens (tertiary/aromatic N) is 2. The molecule has 2 rings (SSSR count). The summed E-state index contributed by atoms with van der Waals surface area (Å²) in [6.07, 6.45) is 3.74. The van der Waals surface area contributed by atoms with Gasteiger partial charge in [0.2, 0.25) is 0 Å². The molecule has 1 aliphatic heterocycles. The van der Waals surface area contributed by atoms with Crippen molar-refractivity contribution in [3.05, 3.63) is 29.3 Å². The van der Waals surface area contributed by atoms with Gasteiger partial charge < -0.3 is 15.4 Å². The molecule has 0 aromatic heterocycles. The van der Waals surface area contributed by atoms with Crippen molar-refractivity contribution in [1.29, 1.82) is 0 Å². The lowest BCUT2D eigenvalue weighted by atomic mass is 10.1. The minimum absolute atomic E-state index is 0.611. The second-order valence-corrected chi connectivity index (χ2v) is 5.08. The first-order chi connectivity index (χ1) is 9.19.